The van der Waals surface area contributed by atoms with Gasteiger partial charge < -0.3 is 9.47 Å². The standard InChI is InChI=1S/C18H28F3NO8S2/c1-2-17(9-5-6-10-17)30-16(24)14-8-4-3-7-13(14)15(23)28-11-12-29-32(26,27)22-31(25)18(19,20)21/h13-14,22H,2-12H2,1H3. The van der Waals surface area contributed by atoms with Crippen molar-refractivity contribution in [3.63, 3.8) is 0 Å². The van der Waals surface area contributed by atoms with Gasteiger partial charge in [-0.05, 0) is 44.9 Å². The van der Waals surface area contributed by atoms with Crippen LogP contribution in [0.1, 0.15) is 64.7 Å². The van der Waals surface area contributed by atoms with Gasteiger partial charge in [-0.2, -0.15) is 21.6 Å². The van der Waals surface area contributed by atoms with Crippen LogP contribution in [0.15, 0.2) is 0 Å². The minimum Gasteiger partial charge on any atom is -0.463 e. The second-order valence-electron chi connectivity index (χ2n) is 7.90. The lowest BCUT2D eigenvalue weighted by molar-refractivity contribution is -0.174. The molecule has 0 bridgehead atoms. The van der Waals surface area contributed by atoms with E-state index >= 15 is 0 Å². The van der Waals surface area contributed by atoms with Crippen molar-refractivity contribution in [1.29, 1.82) is 0 Å². The van der Waals surface area contributed by atoms with Crippen LogP contribution in [0.5, 0.6) is 0 Å². The predicted octanol–water partition coefficient (Wildman–Crippen LogP) is 2.64. The summed E-state index contributed by atoms with van der Waals surface area (Å²) in [5.74, 6) is -2.58. The third-order valence-electron chi connectivity index (χ3n) is 5.80. The molecule has 2 fully saturated rings. The Morgan fingerprint density at radius 3 is 2.12 bits per heavy atom. The molecule has 1 N–H and O–H groups in total. The molecule has 0 radical (unpaired) electrons. The van der Waals surface area contributed by atoms with E-state index in [0.717, 1.165) is 36.2 Å². The van der Waals surface area contributed by atoms with E-state index in [0.29, 0.717) is 25.7 Å². The number of halogens is 3. The summed E-state index contributed by atoms with van der Waals surface area (Å²) in [5.41, 5.74) is -5.78. The predicted molar refractivity (Wildman–Crippen MR) is 106 cm³/mol. The van der Waals surface area contributed by atoms with Crippen molar-refractivity contribution in [1.82, 2.24) is 4.13 Å². The first-order valence-electron chi connectivity index (χ1n) is 10.4. The zero-order valence-corrected chi connectivity index (χ0v) is 19.3. The second kappa shape index (κ2) is 11.3. The van der Waals surface area contributed by atoms with E-state index in [4.69, 9.17) is 9.47 Å². The lowest BCUT2D eigenvalue weighted by Crippen LogP contribution is -2.40. The van der Waals surface area contributed by atoms with Crippen molar-refractivity contribution in [3.05, 3.63) is 0 Å². The Kier molecular flexibility index (Phi) is 9.49. The maximum absolute atomic E-state index is 12.8. The number of hydrogen-bond donors (Lipinski definition) is 1. The number of carbonyl (C=O) groups excluding carboxylic acids is 2. The molecule has 9 nitrogen and oxygen atoms in total. The molecule has 0 heterocycles. The van der Waals surface area contributed by atoms with E-state index in [1.807, 2.05) is 6.92 Å². The van der Waals surface area contributed by atoms with E-state index < -0.39 is 69.4 Å². The van der Waals surface area contributed by atoms with E-state index in [1.165, 1.54) is 0 Å². The fourth-order valence-electron chi connectivity index (χ4n) is 4.09. The monoisotopic (exact) mass is 507 g/mol. The average molecular weight is 508 g/mol. The van der Waals surface area contributed by atoms with Gasteiger partial charge >= 0.3 is 27.8 Å². The lowest BCUT2D eigenvalue weighted by Gasteiger charge is -2.33. The molecule has 32 heavy (non-hydrogen) atoms. The van der Waals surface area contributed by atoms with E-state index in [9.17, 15) is 35.4 Å². The van der Waals surface area contributed by atoms with Gasteiger partial charge in [0.25, 0.3) is 0 Å². The molecule has 2 rings (SSSR count). The normalized spacial score (nSPS) is 24.6. The van der Waals surface area contributed by atoms with E-state index in [2.05, 4.69) is 4.18 Å². The quantitative estimate of drug-likeness (QED) is 0.353. The first-order chi connectivity index (χ1) is 14.9. The Morgan fingerprint density at radius 2 is 1.59 bits per heavy atom. The highest BCUT2D eigenvalue weighted by Gasteiger charge is 2.43. The molecule has 0 aromatic heterocycles. The Morgan fingerprint density at radius 1 is 1.03 bits per heavy atom. The maximum atomic E-state index is 12.8. The van der Waals surface area contributed by atoms with E-state index in [-0.39, 0.29) is 0 Å². The van der Waals surface area contributed by atoms with Gasteiger partial charge in [0, 0.05) is 0 Å². The van der Waals surface area contributed by atoms with Gasteiger partial charge in [0.15, 0.2) is 0 Å². The summed E-state index contributed by atoms with van der Waals surface area (Å²) in [5, 5.41) is 0. The Hall–Kier alpha value is -1.25. The molecule has 0 saturated heterocycles. The van der Waals surface area contributed by atoms with Crippen molar-refractivity contribution in [2.24, 2.45) is 11.8 Å². The lowest BCUT2D eigenvalue weighted by atomic mass is 9.79. The Balaban J connectivity index is 1.85. The number of rotatable bonds is 10. The average Bonchev–Trinajstić information content (AvgIpc) is 3.19. The molecule has 0 amide bonds. The van der Waals surface area contributed by atoms with Crippen LogP contribution in [0.2, 0.25) is 0 Å². The van der Waals surface area contributed by atoms with Crippen molar-refractivity contribution in [2.45, 2.75) is 75.8 Å². The largest absolute Gasteiger partial charge is 0.486 e. The van der Waals surface area contributed by atoms with Crippen LogP contribution < -0.4 is 4.13 Å². The Labute approximate surface area is 187 Å². The molecule has 0 aliphatic heterocycles. The van der Waals surface area contributed by atoms with Gasteiger partial charge in [0.1, 0.15) is 18.8 Å². The van der Waals surface area contributed by atoms with Crippen LogP contribution >= 0.6 is 0 Å². The fourth-order valence-corrected chi connectivity index (χ4v) is 5.69. The van der Waals surface area contributed by atoms with Gasteiger partial charge in [0.05, 0.1) is 11.8 Å². The SMILES string of the molecule is CCC1(OC(=O)C2CCCCC2C(=O)OCCOS(=O)(=O)NS(=O)C(F)(F)F)CCCC1. The summed E-state index contributed by atoms with van der Waals surface area (Å²) in [7, 11) is -8.83. The number of alkyl halides is 3. The van der Waals surface area contributed by atoms with Crippen molar-refractivity contribution < 1.29 is 49.0 Å². The number of nitrogens with one attached hydrogen (secondary N) is 1. The summed E-state index contributed by atoms with van der Waals surface area (Å²) in [6, 6.07) is 0. The number of hydrogen-bond acceptors (Lipinski definition) is 8. The molecule has 2 aliphatic carbocycles. The zero-order chi connectivity index (χ0) is 24.0. The third kappa shape index (κ3) is 7.66. The highest BCUT2D eigenvalue weighted by atomic mass is 32.3. The first kappa shape index (κ1) is 27.0. The highest BCUT2D eigenvalue weighted by molar-refractivity contribution is 7.99. The molecular weight excluding hydrogens is 479 g/mol. The first-order valence-corrected chi connectivity index (χ1v) is 13.0. The molecule has 14 heteroatoms. The highest BCUT2D eigenvalue weighted by Crippen LogP contribution is 2.39. The Bertz CT molecular complexity index is 797. The summed E-state index contributed by atoms with van der Waals surface area (Å²) < 4.78 is 85.9. The van der Waals surface area contributed by atoms with Crippen LogP contribution in [0, 0.1) is 11.8 Å². The van der Waals surface area contributed by atoms with Gasteiger partial charge in [-0.15, -0.1) is 4.13 Å². The summed E-state index contributed by atoms with van der Waals surface area (Å²) in [4.78, 5) is 25.3. The van der Waals surface area contributed by atoms with Crippen LogP contribution in [0.3, 0.4) is 0 Å². The number of ether oxygens (including phenoxy) is 2. The molecular formula is C18H28F3NO8S2. The van der Waals surface area contributed by atoms with Crippen molar-refractivity contribution in [2.75, 3.05) is 13.2 Å². The number of carbonyl (C=O) groups is 2. The molecule has 3 atom stereocenters. The number of esters is 2. The molecule has 0 aromatic carbocycles. The third-order valence-corrected chi connectivity index (χ3v) is 8.12. The van der Waals surface area contributed by atoms with Crippen LogP contribution in [-0.2, 0) is 44.5 Å². The minimum absolute atomic E-state index is 0.406. The topological polar surface area (TPSA) is 125 Å². The van der Waals surface area contributed by atoms with Gasteiger partial charge in [-0.1, -0.05) is 19.8 Å². The smallest absolute Gasteiger partial charge is 0.463 e. The summed E-state index contributed by atoms with van der Waals surface area (Å²) >= 11 is 0. The van der Waals surface area contributed by atoms with Crippen LogP contribution in [0.4, 0.5) is 13.2 Å². The molecule has 3 unspecified atom stereocenters. The van der Waals surface area contributed by atoms with Gasteiger partial charge in [0.2, 0.25) is 11.0 Å². The fraction of sp³-hybridized carbons (Fsp3) is 0.889. The second-order valence-corrected chi connectivity index (χ2v) is 10.7. The maximum Gasteiger partial charge on any atom is 0.486 e. The zero-order valence-electron chi connectivity index (χ0n) is 17.6. The van der Waals surface area contributed by atoms with Crippen LogP contribution in [0.25, 0.3) is 0 Å². The summed E-state index contributed by atoms with van der Waals surface area (Å²) in [6.45, 7) is 0.602. The molecule has 186 valence electrons. The molecule has 2 aliphatic rings. The van der Waals surface area contributed by atoms with Gasteiger partial charge in [-0.25, -0.2) is 4.21 Å². The van der Waals surface area contributed by atoms with Crippen LogP contribution in [-0.4, -0.2) is 48.9 Å². The summed E-state index contributed by atoms with van der Waals surface area (Å²) in [6.07, 6.45) is 6.56. The molecule has 2 saturated carbocycles. The van der Waals surface area contributed by atoms with Crippen molar-refractivity contribution >= 4 is 33.2 Å². The van der Waals surface area contributed by atoms with Crippen molar-refractivity contribution in [3.8, 4) is 0 Å². The molecule has 0 spiro atoms. The molecule has 0 aromatic rings. The van der Waals surface area contributed by atoms with E-state index in [1.54, 1.807) is 0 Å². The van der Waals surface area contributed by atoms with Gasteiger partial charge in [-0.3, -0.25) is 13.8 Å². The minimum atomic E-state index is -5.29.